The summed E-state index contributed by atoms with van der Waals surface area (Å²) >= 11 is 0. The van der Waals surface area contributed by atoms with E-state index in [-0.39, 0.29) is 23.7 Å². The SMILES string of the molecule is CC(C)[C@H]1NC(=O)[C@@H](C2Cc3ccccc3C2)NC1=O. The van der Waals surface area contributed by atoms with Crippen molar-refractivity contribution in [1.82, 2.24) is 10.6 Å². The van der Waals surface area contributed by atoms with Gasteiger partial charge in [0, 0.05) is 0 Å². The fourth-order valence-electron chi connectivity index (χ4n) is 3.25. The monoisotopic (exact) mass is 272 g/mol. The topological polar surface area (TPSA) is 58.2 Å². The highest BCUT2D eigenvalue weighted by Crippen LogP contribution is 2.29. The van der Waals surface area contributed by atoms with Crippen molar-refractivity contribution in [2.24, 2.45) is 11.8 Å². The van der Waals surface area contributed by atoms with Crippen LogP contribution in [0.2, 0.25) is 0 Å². The molecule has 4 nitrogen and oxygen atoms in total. The third-order valence-electron chi connectivity index (χ3n) is 4.38. The first kappa shape index (κ1) is 13.2. The van der Waals surface area contributed by atoms with Gasteiger partial charge in [-0.05, 0) is 35.8 Å². The first-order valence-electron chi connectivity index (χ1n) is 7.24. The van der Waals surface area contributed by atoms with Gasteiger partial charge < -0.3 is 10.6 Å². The minimum Gasteiger partial charge on any atom is -0.342 e. The molecule has 0 unspecified atom stereocenters. The van der Waals surface area contributed by atoms with Gasteiger partial charge in [-0.2, -0.15) is 0 Å². The van der Waals surface area contributed by atoms with E-state index in [0.717, 1.165) is 12.8 Å². The summed E-state index contributed by atoms with van der Waals surface area (Å²) in [7, 11) is 0. The summed E-state index contributed by atoms with van der Waals surface area (Å²) in [5.41, 5.74) is 2.59. The summed E-state index contributed by atoms with van der Waals surface area (Å²) in [4.78, 5) is 24.4. The van der Waals surface area contributed by atoms with Crippen molar-refractivity contribution in [3.63, 3.8) is 0 Å². The fraction of sp³-hybridized carbons (Fsp3) is 0.500. The molecular weight excluding hydrogens is 252 g/mol. The molecule has 2 N–H and O–H groups in total. The zero-order valence-electron chi connectivity index (χ0n) is 11.8. The van der Waals surface area contributed by atoms with Crippen molar-refractivity contribution in [3.8, 4) is 0 Å². The summed E-state index contributed by atoms with van der Waals surface area (Å²) < 4.78 is 0. The summed E-state index contributed by atoms with van der Waals surface area (Å²) in [5, 5.41) is 5.79. The highest BCUT2D eigenvalue weighted by Gasteiger charge is 2.40. The Bertz CT molecular complexity index is 528. The average molecular weight is 272 g/mol. The van der Waals surface area contributed by atoms with E-state index in [1.165, 1.54) is 11.1 Å². The third kappa shape index (κ3) is 2.19. The Kier molecular flexibility index (Phi) is 3.24. The Morgan fingerprint density at radius 3 is 2.15 bits per heavy atom. The van der Waals surface area contributed by atoms with E-state index in [4.69, 9.17) is 0 Å². The molecule has 0 saturated carbocycles. The van der Waals surface area contributed by atoms with E-state index in [2.05, 4.69) is 22.8 Å². The standard InChI is InChI=1S/C16H20N2O2/c1-9(2)13-15(19)18-14(16(20)17-13)12-7-10-5-3-4-6-11(10)8-12/h3-6,9,12-14H,7-8H2,1-2H3,(H,17,20)(H,18,19)/t13-,14-/m1/s1. The molecule has 1 saturated heterocycles. The normalized spacial score (nSPS) is 26.4. The maximum Gasteiger partial charge on any atom is 0.243 e. The Balaban J connectivity index is 1.74. The van der Waals surface area contributed by atoms with E-state index in [0.29, 0.717) is 0 Å². The lowest BCUT2D eigenvalue weighted by Gasteiger charge is -2.34. The maximum absolute atomic E-state index is 12.3. The lowest BCUT2D eigenvalue weighted by molar-refractivity contribution is -0.139. The molecule has 1 aromatic carbocycles. The molecule has 0 bridgehead atoms. The van der Waals surface area contributed by atoms with Gasteiger partial charge in [0.15, 0.2) is 0 Å². The summed E-state index contributed by atoms with van der Waals surface area (Å²) in [6.07, 6.45) is 1.72. The van der Waals surface area contributed by atoms with Crippen molar-refractivity contribution in [1.29, 1.82) is 0 Å². The number of benzene rings is 1. The van der Waals surface area contributed by atoms with Gasteiger partial charge in [0.1, 0.15) is 12.1 Å². The highest BCUT2D eigenvalue weighted by atomic mass is 16.2. The van der Waals surface area contributed by atoms with Crippen molar-refractivity contribution < 1.29 is 9.59 Å². The maximum atomic E-state index is 12.3. The van der Waals surface area contributed by atoms with Gasteiger partial charge in [0.25, 0.3) is 0 Å². The molecule has 2 atom stereocenters. The zero-order valence-corrected chi connectivity index (χ0v) is 11.8. The molecular formula is C16H20N2O2. The van der Waals surface area contributed by atoms with E-state index < -0.39 is 12.1 Å². The molecule has 2 aliphatic rings. The van der Waals surface area contributed by atoms with Crippen LogP contribution in [0.4, 0.5) is 0 Å². The zero-order chi connectivity index (χ0) is 14.3. The molecule has 20 heavy (non-hydrogen) atoms. The predicted molar refractivity (Wildman–Crippen MR) is 76.0 cm³/mol. The van der Waals surface area contributed by atoms with Gasteiger partial charge in [-0.3, -0.25) is 9.59 Å². The second-order valence-corrected chi connectivity index (χ2v) is 6.15. The first-order chi connectivity index (χ1) is 9.56. The molecule has 2 amide bonds. The van der Waals surface area contributed by atoms with Crippen LogP contribution in [-0.4, -0.2) is 23.9 Å². The molecule has 1 aliphatic heterocycles. The summed E-state index contributed by atoms with van der Waals surface area (Å²) in [5.74, 6) is 0.187. The van der Waals surface area contributed by atoms with Gasteiger partial charge in [-0.15, -0.1) is 0 Å². The van der Waals surface area contributed by atoms with Crippen molar-refractivity contribution in [2.75, 3.05) is 0 Å². The Morgan fingerprint density at radius 2 is 1.60 bits per heavy atom. The van der Waals surface area contributed by atoms with Crippen molar-refractivity contribution in [2.45, 2.75) is 38.8 Å². The number of nitrogens with one attached hydrogen (secondary N) is 2. The van der Waals surface area contributed by atoms with Crippen LogP contribution in [0.1, 0.15) is 25.0 Å². The number of fused-ring (bicyclic) bond motifs is 1. The lowest BCUT2D eigenvalue weighted by atomic mass is 9.91. The molecule has 1 aromatic rings. The fourth-order valence-corrected chi connectivity index (χ4v) is 3.25. The van der Waals surface area contributed by atoms with Crippen LogP contribution in [0.5, 0.6) is 0 Å². The average Bonchev–Trinajstić information content (AvgIpc) is 2.84. The molecule has 3 rings (SSSR count). The van der Waals surface area contributed by atoms with E-state index >= 15 is 0 Å². The quantitative estimate of drug-likeness (QED) is 0.845. The first-order valence-corrected chi connectivity index (χ1v) is 7.24. The Labute approximate surface area is 118 Å². The van der Waals surface area contributed by atoms with Gasteiger partial charge >= 0.3 is 0 Å². The van der Waals surface area contributed by atoms with Crippen LogP contribution in [0, 0.1) is 11.8 Å². The van der Waals surface area contributed by atoms with Crippen LogP contribution in [0.3, 0.4) is 0 Å². The molecule has 1 heterocycles. The number of hydrogen-bond acceptors (Lipinski definition) is 2. The van der Waals surface area contributed by atoms with Crippen LogP contribution >= 0.6 is 0 Å². The highest BCUT2D eigenvalue weighted by molar-refractivity contribution is 5.97. The molecule has 4 heteroatoms. The number of piperazine rings is 1. The van der Waals surface area contributed by atoms with Crippen LogP contribution in [-0.2, 0) is 22.4 Å². The summed E-state index contributed by atoms with van der Waals surface area (Å²) in [6, 6.07) is 7.46. The molecule has 1 fully saturated rings. The number of carbonyl (C=O) groups is 2. The van der Waals surface area contributed by atoms with E-state index in [1.807, 2.05) is 26.0 Å². The lowest BCUT2D eigenvalue weighted by Crippen LogP contribution is -2.65. The number of hydrogen-bond donors (Lipinski definition) is 2. The van der Waals surface area contributed by atoms with Crippen LogP contribution in [0.25, 0.3) is 0 Å². The smallest absolute Gasteiger partial charge is 0.243 e. The third-order valence-corrected chi connectivity index (χ3v) is 4.38. The van der Waals surface area contributed by atoms with Crippen LogP contribution < -0.4 is 10.6 Å². The molecule has 0 spiro atoms. The van der Waals surface area contributed by atoms with Crippen molar-refractivity contribution >= 4 is 11.8 Å². The van der Waals surface area contributed by atoms with Gasteiger partial charge in [0.05, 0.1) is 0 Å². The number of rotatable bonds is 2. The second kappa shape index (κ2) is 4.93. The van der Waals surface area contributed by atoms with Gasteiger partial charge in [-0.1, -0.05) is 38.1 Å². The number of amides is 2. The molecule has 1 aliphatic carbocycles. The number of carbonyl (C=O) groups excluding carboxylic acids is 2. The Hall–Kier alpha value is -1.84. The molecule has 0 aromatic heterocycles. The van der Waals surface area contributed by atoms with Gasteiger partial charge in [-0.25, -0.2) is 0 Å². The second-order valence-electron chi connectivity index (χ2n) is 6.15. The van der Waals surface area contributed by atoms with E-state index in [9.17, 15) is 9.59 Å². The Morgan fingerprint density at radius 1 is 1.00 bits per heavy atom. The predicted octanol–water partition coefficient (Wildman–Crippen LogP) is 1.04. The summed E-state index contributed by atoms with van der Waals surface area (Å²) in [6.45, 7) is 3.88. The molecule has 0 radical (unpaired) electrons. The minimum atomic E-state index is -0.400. The van der Waals surface area contributed by atoms with Gasteiger partial charge in [0.2, 0.25) is 11.8 Å². The van der Waals surface area contributed by atoms with Crippen LogP contribution in [0.15, 0.2) is 24.3 Å². The van der Waals surface area contributed by atoms with E-state index in [1.54, 1.807) is 0 Å². The minimum absolute atomic E-state index is 0.0406. The van der Waals surface area contributed by atoms with Crippen molar-refractivity contribution in [3.05, 3.63) is 35.4 Å². The molecule has 106 valence electrons. The largest absolute Gasteiger partial charge is 0.342 e.